The summed E-state index contributed by atoms with van der Waals surface area (Å²) in [5.41, 5.74) is 4.55. The molecule has 7 rings (SSSR count). The third-order valence-corrected chi connectivity index (χ3v) is 15.5. The van der Waals surface area contributed by atoms with Crippen LogP contribution in [0.3, 0.4) is 0 Å². The maximum absolute atomic E-state index is 13.0. The number of rotatable bonds is 18. The van der Waals surface area contributed by atoms with E-state index in [2.05, 4.69) is 47.3 Å². The van der Waals surface area contributed by atoms with E-state index >= 15 is 0 Å². The molecule has 62 heavy (non-hydrogen) atoms. The first-order chi connectivity index (χ1) is 29.9. The van der Waals surface area contributed by atoms with Gasteiger partial charge in [-0.3, -0.25) is 9.59 Å². The summed E-state index contributed by atoms with van der Waals surface area (Å²) < 4.78 is 22.7. The number of carbonyl (C=O) groups excluding carboxylic acids is 3. The fraction of sp³-hybridized carbons (Fsp3) is 0.545. The molecule has 4 aliphatic carbocycles. The molecule has 0 heterocycles. The van der Waals surface area contributed by atoms with E-state index in [9.17, 15) is 14.4 Å². The largest absolute Gasteiger partial charge is 0.490 e. The fourth-order valence-corrected chi connectivity index (χ4v) is 12.2. The van der Waals surface area contributed by atoms with Crippen LogP contribution in [0.4, 0.5) is 0 Å². The van der Waals surface area contributed by atoms with E-state index in [1.807, 2.05) is 24.3 Å². The quantitative estimate of drug-likeness (QED) is 0.0545. The SMILES string of the molecule is C=CCOc1ccc(C(=O)Oc2ccc(-c3ccc(OC(=O)CCCCC(=O)O[C@H]4CC[C@@]5(C)C(=CC[C@H]6[C@@H]7CC[C@H]([C@H](C)CCCC(C)C)[C@@]7(C)CC[C@@H]65)C4)cc3)cc2)cc1. The van der Waals surface area contributed by atoms with Crippen LogP contribution >= 0.6 is 0 Å². The number of hydrogen-bond acceptors (Lipinski definition) is 7. The second-order valence-corrected chi connectivity index (χ2v) is 19.9. The lowest BCUT2D eigenvalue weighted by molar-refractivity contribution is -0.152. The van der Waals surface area contributed by atoms with Crippen molar-refractivity contribution in [1.29, 1.82) is 0 Å². The van der Waals surface area contributed by atoms with Crippen molar-refractivity contribution in [2.45, 2.75) is 137 Å². The van der Waals surface area contributed by atoms with Crippen molar-refractivity contribution in [3.8, 4) is 28.4 Å². The normalized spacial score (nSPS) is 26.9. The zero-order valence-electron chi connectivity index (χ0n) is 38.0. The highest BCUT2D eigenvalue weighted by Gasteiger charge is 2.59. The molecule has 0 unspecified atom stereocenters. The Labute approximate surface area is 371 Å². The van der Waals surface area contributed by atoms with Gasteiger partial charge in [-0.2, -0.15) is 0 Å². The summed E-state index contributed by atoms with van der Waals surface area (Å²) in [6, 6.07) is 21.3. The monoisotopic (exact) mass is 843 g/mol. The molecule has 3 fully saturated rings. The molecule has 4 aliphatic rings. The molecule has 0 bridgehead atoms. The summed E-state index contributed by atoms with van der Waals surface area (Å²) in [7, 11) is 0. The van der Waals surface area contributed by atoms with E-state index in [0.717, 1.165) is 65.9 Å². The van der Waals surface area contributed by atoms with Gasteiger partial charge >= 0.3 is 17.9 Å². The lowest BCUT2D eigenvalue weighted by atomic mass is 9.47. The van der Waals surface area contributed by atoms with Gasteiger partial charge in [-0.05, 0) is 164 Å². The predicted octanol–water partition coefficient (Wildman–Crippen LogP) is 13.6. The highest BCUT2D eigenvalue weighted by atomic mass is 16.5. The van der Waals surface area contributed by atoms with Crippen molar-refractivity contribution < 1.29 is 33.3 Å². The first kappa shape index (κ1) is 45.4. The maximum atomic E-state index is 13.0. The molecule has 0 amide bonds. The smallest absolute Gasteiger partial charge is 0.343 e. The third-order valence-electron chi connectivity index (χ3n) is 15.5. The molecule has 0 saturated heterocycles. The van der Waals surface area contributed by atoms with Gasteiger partial charge in [0.15, 0.2) is 0 Å². The van der Waals surface area contributed by atoms with Crippen molar-refractivity contribution in [2.75, 3.05) is 6.61 Å². The summed E-state index contributed by atoms with van der Waals surface area (Å²) in [6.07, 6.45) is 19.7. The molecule has 3 aromatic rings. The minimum Gasteiger partial charge on any atom is -0.490 e. The van der Waals surface area contributed by atoms with Gasteiger partial charge < -0.3 is 18.9 Å². The van der Waals surface area contributed by atoms with Crippen LogP contribution in [0.1, 0.15) is 141 Å². The molecule has 7 heteroatoms. The minimum absolute atomic E-state index is 0.0457. The Balaban J connectivity index is 0.804. The van der Waals surface area contributed by atoms with Gasteiger partial charge in [0, 0.05) is 19.3 Å². The molecule has 0 N–H and O–H groups in total. The van der Waals surface area contributed by atoms with E-state index in [1.165, 1.54) is 51.4 Å². The molecule has 0 aliphatic heterocycles. The first-order valence-electron chi connectivity index (χ1n) is 23.7. The fourth-order valence-electron chi connectivity index (χ4n) is 12.2. The maximum Gasteiger partial charge on any atom is 0.343 e. The summed E-state index contributed by atoms with van der Waals surface area (Å²) in [5.74, 6) is 5.51. The van der Waals surface area contributed by atoms with Crippen molar-refractivity contribution >= 4 is 17.9 Å². The number of fused-ring (bicyclic) bond motifs is 5. The van der Waals surface area contributed by atoms with Crippen molar-refractivity contribution in [1.82, 2.24) is 0 Å². The van der Waals surface area contributed by atoms with Crippen LogP contribution < -0.4 is 14.2 Å². The van der Waals surface area contributed by atoms with Crippen LogP contribution in [0, 0.1) is 46.3 Å². The zero-order chi connectivity index (χ0) is 43.9. The van der Waals surface area contributed by atoms with Crippen LogP contribution in [0.5, 0.6) is 17.2 Å². The number of allylic oxidation sites excluding steroid dienone is 1. The van der Waals surface area contributed by atoms with Crippen LogP contribution in [-0.2, 0) is 14.3 Å². The highest BCUT2D eigenvalue weighted by Crippen LogP contribution is 2.67. The standard InChI is InChI=1S/C55H70O7/c1-7-35-59-43-22-19-41(20-23-43)53(58)62-45-26-17-40(18-27-45)39-15-24-44(25-16-39)60-51(56)13-8-9-14-52(57)61-46-31-33-54(5)42(36-46)21-28-47-49-30-29-48(38(4)12-10-11-37(2)3)55(49,6)34-32-50(47)54/h7,15-27,37-38,46-50H,1,8-14,28-36H2,2-6H3/t38-,46+,47+,48-,49+,50+,54+,55-/m1/s1. The summed E-state index contributed by atoms with van der Waals surface area (Å²) in [6.45, 7) is 16.5. The van der Waals surface area contributed by atoms with Gasteiger partial charge in [-0.1, -0.05) is 102 Å². The van der Waals surface area contributed by atoms with Gasteiger partial charge in [0.1, 0.15) is 30.0 Å². The van der Waals surface area contributed by atoms with Crippen molar-refractivity contribution in [3.63, 3.8) is 0 Å². The Morgan fingerprint density at radius 3 is 2.03 bits per heavy atom. The van der Waals surface area contributed by atoms with Crippen LogP contribution in [0.15, 0.2) is 97.1 Å². The zero-order valence-corrected chi connectivity index (χ0v) is 38.0. The number of unbranched alkanes of at least 4 members (excludes halogenated alkanes) is 1. The van der Waals surface area contributed by atoms with Gasteiger partial charge in [0.25, 0.3) is 0 Å². The number of carbonyl (C=O) groups is 3. The van der Waals surface area contributed by atoms with E-state index in [1.54, 1.807) is 60.2 Å². The van der Waals surface area contributed by atoms with Gasteiger partial charge in [-0.25, -0.2) is 4.79 Å². The van der Waals surface area contributed by atoms with Crippen molar-refractivity contribution in [2.24, 2.45) is 46.3 Å². The predicted molar refractivity (Wildman–Crippen MR) is 246 cm³/mol. The molecule has 3 aromatic carbocycles. The van der Waals surface area contributed by atoms with Gasteiger partial charge in [0.05, 0.1) is 5.56 Å². The summed E-state index contributed by atoms with van der Waals surface area (Å²) in [4.78, 5) is 38.3. The number of esters is 3. The van der Waals surface area contributed by atoms with E-state index < -0.39 is 5.97 Å². The third kappa shape index (κ3) is 10.6. The Kier molecular flexibility index (Phi) is 14.8. The Morgan fingerprint density at radius 2 is 1.37 bits per heavy atom. The molecule has 7 nitrogen and oxygen atoms in total. The number of ether oxygens (including phenoxy) is 4. The van der Waals surface area contributed by atoms with E-state index in [4.69, 9.17) is 18.9 Å². The average Bonchev–Trinajstić information content (AvgIpc) is 3.62. The van der Waals surface area contributed by atoms with Crippen LogP contribution in [0.2, 0.25) is 0 Å². The Morgan fingerprint density at radius 1 is 0.726 bits per heavy atom. The summed E-state index contributed by atoms with van der Waals surface area (Å²) in [5, 5.41) is 0. The molecular weight excluding hydrogens is 773 g/mol. The molecule has 332 valence electrons. The topological polar surface area (TPSA) is 88.1 Å². The molecule has 0 spiro atoms. The number of benzene rings is 3. The Hall–Kier alpha value is -4.65. The number of hydrogen-bond donors (Lipinski definition) is 0. The van der Waals surface area contributed by atoms with E-state index in [-0.39, 0.29) is 29.9 Å². The lowest BCUT2D eigenvalue weighted by Gasteiger charge is -2.58. The van der Waals surface area contributed by atoms with Gasteiger partial charge in [-0.15, -0.1) is 0 Å². The summed E-state index contributed by atoms with van der Waals surface area (Å²) >= 11 is 0. The second-order valence-electron chi connectivity index (χ2n) is 19.9. The molecule has 0 aromatic heterocycles. The Bertz CT molecular complexity index is 2030. The highest BCUT2D eigenvalue weighted by molar-refractivity contribution is 5.91. The first-order valence-corrected chi connectivity index (χ1v) is 23.7. The molecule has 0 radical (unpaired) electrons. The van der Waals surface area contributed by atoms with Crippen LogP contribution in [0.25, 0.3) is 11.1 Å². The second kappa shape index (κ2) is 20.2. The van der Waals surface area contributed by atoms with E-state index in [0.29, 0.717) is 54.1 Å². The molecule has 8 atom stereocenters. The van der Waals surface area contributed by atoms with Crippen LogP contribution in [-0.4, -0.2) is 30.6 Å². The lowest BCUT2D eigenvalue weighted by Crippen LogP contribution is -2.51. The average molecular weight is 843 g/mol. The molecular formula is C55H70O7. The van der Waals surface area contributed by atoms with Gasteiger partial charge in [0.2, 0.25) is 0 Å². The van der Waals surface area contributed by atoms with Crippen molar-refractivity contribution in [3.05, 3.63) is 103 Å². The molecule has 3 saturated carbocycles. The minimum atomic E-state index is -0.457.